The molecule has 0 heterocycles. The highest BCUT2D eigenvalue weighted by Crippen LogP contribution is 2.17. The van der Waals surface area contributed by atoms with Crippen molar-refractivity contribution >= 4 is 5.91 Å². The topological polar surface area (TPSA) is 52.9 Å². The summed E-state index contributed by atoms with van der Waals surface area (Å²) >= 11 is 0. The van der Waals surface area contributed by atoms with E-state index < -0.39 is 0 Å². The summed E-state index contributed by atoms with van der Waals surface area (Å²) in [5, 5.41) is 11.9. The third-order valence-corrected chi connectivity index (χ3v) is 3.67. The van der Waals surface area contributed by atoms with Crippen molar-refractivity contribution in [3.63, 3.8) is 0 Å². The van der Waals surface area contributed by atoms with Crippen LogP contribution in [0.15, 0.2) is 24.3 Å². The standard InChI is InChI=1S/C16H20N2O/c17-12-14-9-7-13(8-10-14)11-16(19)18-15-5-3-1-2-4-6-15/h7-10,15H,1-6,11H2,(H,18,19). The Kier molecular flexibility index (Phi) is 4.97. The van der Waals surface area contributed by atoms with Gasteiger partial charge in [0, 0.05) is 6.04 Å². The molecule has 0 bridgehead atoms. The SMILES string of the molecule is N#Cc1ccc(CC(=O)NC2CCCCCC2)cc1. The van der Waals surface area contributed by atoms with Crippen molar-refractivity contribution in [3.05, 3.63) is 35.4 Å². The van der Waals surface area contributed by atoms with Gasteiger partial charge in [-0.3, -0.25) is 4.79 Å². The Morgan fingerprint density at radius 3 is 2.37 bits per heavy atom. The van der Waals surface area contributed by atoms with Crippen molar-refractivity contribution in [2.24, 2.45) is 0 Å². The smallest absolute Gasteiger partial charge is 0.224 e. The van der Waals surface area contributed by atoms with Gasteiger partial charge in [0.1, 0.15) is 0 Å². The Balaban J connectivity index is 1.84. The summed E-state index contributed by atoms with van der Waals surface area (Å²) in [6.07, 6.45) is 7.66. The Hall–Kier alpha value is -1.82. The number of rotatable bonds is 3. The molecule has 0 radical (unpaired) electrons. The van der Waals surface area contributed by atoms with Gasteiger partial charge in [0.2, 0.25) is 5.91 Å². The summed E-state index contributed by atoms with van der Waals surface area (Å²) < 4.78 is 0. The molecule has 1 aromatic rings. The third-order valence-electron chi connectivity index (χ3n) is 3.67. The second-order valence-corrected chi connectivity index (χ2v) is 5.24. The predicted molar refractivity (Wildman–Crippen MR) is 74.5 cm³/mol. The number of nitrogens with zero attached hydrogens (tertiary/aromatic N) is 1. The molecule has 0 unspecified atom stereocenters. The lowest BCUT2D eigenvalue weighted by Crippen LogP contribution is -2.35. The van der Waals surface area contributed by atoms with Gasteiger partial charge in [-0.05, 0) is 30.5 Å². The first kappa shape index (κ1) is 13.6. The minimum absolute atomic E-state index is 0.0941. The van der Waals surface area contributed by atoms with E-state index in [2.05, 4.69) is 11.4 Å². The molecule has 1 aromatic carbocycles. The molecule has 1 saturated carbocycles. The van der Waals surface area contributed by atoms with Crippen LogP contribution in [-0.2, 0) is 11.2 Å². The molecule has 1 amide bonds. The molecular formula is C16H20N2O. The maximum Gasteiger partial charge on any atom is 0.224 e. The van der Waals surface area contributed by atoms with E-state index in [1.807, 2.05) is 12.1 Å². The van der Waals surface area contributed by atoms with Gasteiger partial charge in [0.25, 0.3) is 0 Å². The monoisotopic (exact) mass is 256 g/mol. The van der Waals surface area contributed by atoms with Crippen LogP contribution in [-0.4, -0.2) is 11.9 Å². The van der Waals surface area contributed by atoms with Crippen molar-refractivity contribution in [2.75, 3.05) is 0 Å². The largest absolute Gasteiger partial charge is 0.353 e. The lowest BCUT2D eigenvalue weighted by atomic mass is 10.1. The number of hydrogen-bond acceptors (Lipinski definition) is 2. The van der Waals surface area contributed by atoms with E-state index in [4.69, 9.17) is 5.26 Å². The molecule has 0 spiro atoms. The van der Waals surface area contributed by atoms with Crippen molar-refractivity contribution in [1.82, 2.24) is 5.32 Å². The summed E-state index contributed by atoms with van der Waals surface area (Å²) in [7, 11) is 0. The van der Waals surface area contributed by atoms with Crippen LogP contribution in [0.1, 0.15) is 49.7 Å². The number of nitriles is 1. The first-order valence-corrected chi connectivity index (χ1v) is 7.06. The predicted octanol–water partition coefficient (Wildman–Crippen LogP) is 2.94. The zero-order chi connectivity index (χ0) is 13.5. The number of nitrogens with one attached hydrogen (secondary N) is 1. The molecule has 100 valence electrons. The van der Waals surface area contributed by atoms with Crippen molar-refractivity contribution < 1.29 is 4.79 Å². The van der Waals surface area contributed by atoms with Crippen LogP contribution in [0.3, 0.4) is 0 Å². The van der Waals surface area contributed by atoms with Crippen LogP contribution in [0.5, 0.6) is 0 Å². The average molecular weight is 256 g/mol. The van der Waals surface area contributed by atoms with Gasteiger partial charge in [0.15, 0.2) is 0 Å². The van der Waals surface area contributed by atoms with Gasteiger partial charge in [0.05, 0.1) is 18.1 Å². The van der Waals surface area contributed by atoms with Gasteiger partial charge in [-0.1, -0.05) is 37.8 Å². The summed E-state index contributed by atoms with van der Waals surface area (Å²) in [6, 6.07) is 9.66. The van der Waals surface area contributed by atoms with Gasteiger partial charge in [-0.15, -0.1) is 0 Å². The minimum Gasteiger partial charge on any atom is -0.353 e. The van der Waals surface area contributed by atoms with Gasteiger partial charge in [-0.25, -0.2) is 0 Å². The number of hydrogen-bond donors (Lipinski definition) is 1. The van der Waals surface area contributed by atoms with Crippen molar-refractivity contribution in [1.29, 1.82) is 5.26 Å². The molecule has 1 fully saturated rings. The zero-order valence-electron chi connectivity index (χ0n) is 11.2. The molecule has 2 rings (SSSR count). The van der Waals surface area contributed by atoms with Crippen LogP contribution >= 0.6 is 0 Å². The summed E-state index contributed by atoms with van der Waals surface area (Å²) in [5.74, 6) is 0.0941. The van der Waals surface area contributed by atoms with Crippen LogP contribution < -0.4 is 5.32 Å². The Morgan fingerprint density at radius 2 is 1.79 bits per heavy atom. The first-order chi connectivity index (χ1) is 9.28. The van der Waals surface area contributed by atoms with E-state index in [1.54, 1.807) is 12.1 Å². The number of benzene rings is 1. The average Bonchev–Trinajstić information content (AvgIpc) is 2.68. The fourth-order valence-corrected chi connectivity index (χ4v) is 2.58. The highest BCUT2D eigenvalue weighted by molar-refractivity contribution is 5.78. The Morgan fingerprint density at radius 1 is 1.16 bits per heavy atom. The summed E-state index contributed by atoms with van der Waals surface area (Å²) in [6.45, 7) is 0. The molecule has 1 aliphatic carbocycles. The second-order valence-electron chi connectivity index (χ2n) is 5.24. The minimum atomic E-state index is 0.0941. The maximum atomic E-state index is 12.0. The van der Waals surface area contributed by atoms with Crippen LogP contribution in [0.25, 0.3) is 0 Å². The maximum absolute atomic E-state index is 12.0. The van der Waals surface area contributed by atoms with E-state index in [0.717, 1.165) is 18.4 Å². The van der Waals surface area contributed by atoms with Gasteiger partial charge >= 0.3 is 0 Å². The van der Waals surface area contributed by atoms with Crippen molar-refractivity contribution in [3.8, 4) is 6.07 Å². The molecule has 0 aromatic heterocycles. The number of amides is 1. The molecule has 0 atom stereocenters. The number of carbonyl (C=O) groups excluding carboxylic acids is 1. The number of carbonyl (C=O) groups is 1. The molecule has 1 N–H and O–H groups in total. The highest BCUT2D eigenvalue weighted by Gasteiger charge is 2.14. The zero-order valence-corrected chi connectivity index (χ0v) is 11.2. The molecule has 0 saturated heterocycles. The van der Waals surface area contributed by atoms with Crippen LogP contribution in [0.4, 0.5) is 0 Å². The van der Waals surface area contributed by atoms with Gasteiger partial charge < -0.3 is 5.32 Å². The van der Waals surface area contributed by atoms with Crippen LogP contribution in [0.2, 0.25) is 0 Å². The normalized spacial score (nSPS) is 16.4. The van der Waals surface area contributed by atoms with Gasteiger partial charge in [-0.2, -0.15) is 5.26 Å². The Bertz CT molecular complexity index is 451. The molecule has 0 aliphatic heterocycles. The van der Waals surface area contributed by atoms with Crippen molar-refractivity contribution in [2.45, 2.75) is 51.0 Å². The first-order valence-electron chi connectivity index (χ1n) is 7.06. The third kappa shape index (κ3) is 4.40. The fourth-order valence-electron chi connectivity index (χ4n) is 2.58. The second kappa shape index (κ2) is 6.94. The summed E-state index contributed by atoms with van der Waals surface area (Å²) in [5.41, 5.74) is 1.60. The van der Waals surface area contributed by atoms with E-state index in [9.17, 15) is 4.79 Å². The van der Waals surface area contributed by atoms with E-state index in [0.29, 0.717) is 18.0 Å². The fraction of sp³-hybridized carbons (Fsp3) is 0.500. The molecular weight excluding hydrogens is 236 g/mol. The van der Waals surface area contributed by atoms with E-state index in [-0.39, 0.29) is 5.91 Å². The highest BCUT2D eigenvalue weighted by atomic mass is 16.1. The van der Waals surface area contributed by atoms with Crippen LogP contribution in [0, 0.1) is 11.3 Å². The lowest BCUT2D eigenvalue weighted by molar-refractivity contribution is -0.121. The van der Waals surface area contributed by atoms with E-state index >= 15 is 0 Å². The molecule has 3 nitrogen and oxygen atoms in total. The molecule has 1 aliphatic rings. The van der Waals surface area contributed by atoms with E-state index in [1.165, 1.54) is 25.7 Å². The molecule has 3 heteroatoms. The lowest BCUT2D eigenvalue weighted by Gasteiger charge is -2.16. The molecule has 19 heavy (non-hydrogen) atoms. The quantitative estimate of drug-likeness (QED) is 0.845. The Labute approximate surface area is 114 Å². The summed E-state index contributed by atoms with van der Waals surface area (Å²) in [4.78, 5) is 12.0.